The number of aryl methyl sites for hydroxylation is 1. The summed E-state index contributed by atoms with van der Waals surface area (Å²) in [6, 6.07) is 5.44. The third-order valence-corrected chi connectivity index (χ3v) is 2.64. The lowest BCUT2D eigenvalue weighted by atomic mass is 10.1. The molecule has 0 radical (unpaired) electrons. The summed E-state index contributed by atoms with van der Waals surface area (Å²) < 4.78 is 4.88. The first kappa shape index (κ1) is 12.3. The van der Waals surface area contributed by atoms with Crippen LogP contribution in [0.1, 0.15) is 18.2 Å². The normalized spacial score (nSPS) is 10.6. The second-order valence-corrected chi connectivity index (χ2v) is 4.03. The Hall–Kier alpha value is -2.17. The first-order valence-corrected chi connectivity index (χ1v) is 5.75. The van der Waals surface area contributed by atoms with E-state index in [-0.39, 0.29) is 17.9 Å². The van der Waals surface area contributed by atoms with Crippen molar-refractivity contribution in [2.45, 2.75) is 20.3 Å². The highest BCUT2D eigenvalue weighted by molar-refractivity contribution is 5.87. The Balaban J connectivity index is 2.51. The van der Waals surface area contributed by atoms with Gasteiger partial charge in [0.2, 0.25) is 0 Å². The van der Waals surface area contributed by atoms with Gasteiger partial charge >= 0.3 is 5.97 Å². The number of benzene rings is 1. The molecule has 0 saturated carbocycles. The Labute approximate surface area is 104 Å². The van der Waals surface area contributed by atoms with Gasteiger partial charge in [0.15, 0.2) is 0 Å². The molecule has 0 fully saturated rings. The number of rotatable bonds is 3. The fraction of sp³-hybridized carbons (Fsp3) is 0.308. The molecule has 2 rings (SSSR count). The number of fused-ring (bicyclic) bond motifs is 1. The van der Waals surface area contributed by atoms with E-state index in [1.807, 2.05) is 19.1 Å². The molecular formula is C13H14N2O3. The Morgan fingerprint density at radius 1 is 1.39 bits per heavy atom. The first-order valence-electron chi connectivity index (χ1n) is 5.75. The van der Waals surface area contributed by atoms with Crippen molar-refractivity contribution < 1.29 is 9.53 Å². The van der Waals surface area contributed by atoms with Gasteiger partial charge in [0.05, 0.1) is 24.1 Å². The van der Waals surface area contributed by atoms with Crippen LogP contribution in [0.2, 0.25) is 0 Å². The molecule has 5 nitrogen and oxygen atoms in total. The molecule has 0 amide bonds. The van der Waals surface area contributed by atoms with E-state index in [0.29, 0.717) is 23.1 Å². The highest BCUT2D eigenvalue weighted by Gasteiger charge is 2.11. The van der Waals surface area contributed by atoms with E-state index >= 15 is 0 Å². The fourth-order valence-corrected chi connectivity index (χ4v) is 1.82. The number of nitrogens with one attached hydrogen (secondary N) is 1. The summed E-state index contributed by atoms with van der Waals surface area (Å²) in [5.74, 6) is -0.347. The standard InChI is InChI=1S/C13H14N2O3/c1-3-18-12(16)7-11-10-6-8(2)4-5-9(10)13(17)15-14-11/h4-6H,3,7H2,1-2H3,(H,15,17). The van der Waals surface area contributed by atoms with E-state index < -0.39 is 0 Å². The van der Waals surface area contributed by atoms with Crippen molar-refractivity contribution >= 4 is 16.7 Å². The van der Waals surface area contributed by atoms with Gasteiger partial charge in [-0.25, -0.2) is 5.10 Å². The van der Waals surface area contributed by atoms with Crippen LogP contribution in [-0.2, 0) is 16.0 Å². The van der Waals surface area contributed by atoms with Gasteiger partial charge < -0.3 is 4.74 Å². The van der Waals surface area contributed by atoms with Crippen molar-refractivity contribution in [1.82, 2.24) is 10.2 Å². The molecule has 0 spiro atoms. The van der Waals surface area contributed by atoms with E-state index in [4.69, 9.17) is 4.74 Å². The molecule has 1 aromatic heterocycles. The molecule has 0 aliphatic carbocycles. The molecule has 2 aromatic rings. The minimum atomic E-state index is -0.347. The Morgan fingerprint density at radius 3 is 2.89 bits per heavy atom. The first-order chi connectivity index (χ1) is 8.61. The summed E-state index contributed by atoms with van der Waals surface area (Å²) in [6.45, 7) is 4.01. The van der Waals surface area contributed by atoms with Gasteiger partial charge in [-0.15, -0.1) is 0 Å². The van der Waals surface area contributed by atoms with Gasteiger partial charge in [0, 0.05) is 5.39 Å². The topological polar surface area (TPSA) is 72.0 Å². The number of hydrogen-bond donors (Lipinski definition) is 1. The maximum atomic E-state index is 11.6. The quantitative estimate of drug-likeness (QED) is 0.829. The van der Waals surface area contributed by atoms with E-state index in [0.717, 1.165) is 5.56 Å². The number of esters is 1. The molecule has 0 bridgehead atoms. The molecule has 0 unspecified atom stereocenters. The average molecular weight is 246 g/mol. The number of ether oxygens (including phenoxy) is 1. The zero-order chi connectivity index (χ0) is 13.1. The summed E-state index contributed by atoms with van der Waals surface area (Å²) in [5.41, 5.74) is 1.30. The van der Waals surface area contributed by atoms with E-state index in [2.05, 4.69) is 10.2 Å². The molecule has 0 aliphatic heterocycles. The van der Waals surface area contributed by atoms with Gasteiger partial charge in [-0.3, -0.25) is 9.59 Å². The molecule has 0 aliphatic rings. The summed E-state index contributed by atoms with van der Waals surface area (Å²) in [7, 11) is 0. The van der Waals surface area contributed by atoms with Crippen molar-refractivity contribution in [3.8, 4) is 0 Å². The van der Waals surface area contributed by atoms with Gasteiger partial charge in [-0.2, -0.15) is 5.10 Å². The van der Waals surface area contributed by atoms with Crippen LogP contribution in [0.4, 0.5) is 0 Å². The van der Waals surface area contributed by atoms with Crippen molar-refractivity contribution in [2.75, 3.05) is 6.61 Å². The van der Waals surface area contributed by atoms with Crippen LogP contribution in [0, 0.1) is 6.92 Å². The SMILES string of the molecule is CCOC(=O)Cc1n[nH]c(=O)c2ccc(C)cc12. The highest BCUT2D eigenvalue weighted by Crippen LogP contribution is 2.15. The number of carbonyl (C=O) groups excluding carboxylic acids is 1. The molecule has 0 saturated heterocycles. The number of carbonyl (C=O) groups is 1. The van der Waals surface area contributed by atoms with Gasteiger partial charge in [0.1, 0.15) is 0 Å². The fourth-order valence-electron chi connectivity index (χ4n) is 1.82. The molecule has 1 aromatic carbocycles. The maximum absolute atomic E-state index is 11.6. The molecule has 1 N–H and O–H groups in total. The molecule has 0 atom stereocenters. The number of aromatic nitrogens is 2. The van der Waals surface area contributed by atoms with Crippen molar-refractivity contribution in [3.05, 3.63) is 39.8 Å². The van der Waals surface area contributed by atoms with Gasteiger partial charge in [-0.1, -0.05) is 11.6 Å². The summed E-state index contributed by atoms with van der Waals surface area (Å²) in [5, 5.41) is 7.57. The zero-order valence-corrected chi connectivity index (χ0v) is 10.3. The third-order valence-electron chi connectivity index (χ3n) is 2.64. The smallest absolute Gasteiger partial charge is 0.311 e. The van der Waals surface area contributed by atoms with Gasteiger partial charge in [-0.05, 0) is 26.0 Å². The Morgan fingerprint density at radius 2 is 2.17 bits per heavy atom. The highest BCUT2D eigenvalue weighted by atomic mass is 16.5. The van der Waals surface area contributed by atoms with Crippen LogP contribution in [0.3, 0.4) is 0 Å². The summed E-state index contributed by atoms with van der Waals surface area (Å²) >= 11 is 0. The lowest BCUT2D eigenvalue weighted by Gasteiger charge is -2.05. The van der Waals surface area contributed by atoms with Crippen LogP contribution in [0.5, 0.6) is 0 Å². The Kier molecular flexibility index (Phi) is 3.41. The summed E-state index contributed by atoms with van der Waals surface area (Å²) in [4.78, 5) is 23.1. The predicted octanol–water partition coefficient (Wildman–Crippen LogP) is 1.34. The van der Waals surface area contributed by atoms with Crippen molar-refractivity contribution in [1.29, 1.82) is 0 Å². The van der Waals surface area contributed by atoms with Crippen LogP contribution < -0.4 is 5.56 Å². The van der Waals surface area contributed by atoms with Crippen LogP contribution >= 0.6 is 0 Å². The molecular weight excluding hydrogens is 232 g/mol. The van der Waals surface area contributed by atoms with E-state index in [9.17, 15) is 9.59 Å². The Bertz CT molecular complexity index is 646. The van der Waals surface area contributed by atoms with Crippen LogP contribution in [0.15, 0.2) is 23.0 Å². The molecule has 18 heavy (non-hydrogen) atoms. The molecule has 1 heterocycles. The third kappa shape index (κ3) is 2.40. The lowest BCUT2D eigenvalue weighted by Crippen LogP contribution is -2.15. The number of H-pyrrole nitrogens is 1. The lowest BCUT2D eigenvalue weighted by molar-refractivity contribution is -0.142. The zero-order valence-electron chi connectivity index (χ0n) is 10.3. The minimum absolute atomic E-state index is 0.0601. The molecule has 94 valence electrons. The van der Waals surface area contributed by atoms with Crippen molar-refractivity contribution in [3.63, 3.8) is 0 Å². The van der Waals surface area contributed by atoms with Crippen LogP contribution in [0.25, 0.3) is 10.8 Å². The number of hydrogen-bond acceptors (Lipinski definition) is 4. The van der Waals surface area contributed by atoms with Crippen molar-refractivity contribution in [2.24, 2.45) is 0 Å². The van der Waals surface area contributed by atoms with Gasteiger partial charge in [0.25, 0.3) is 5.56 Å². The number of aromatic amines is 1. The van der Waals surface area contributed by atoms with E-state index in [1.54, 1.807) is 13.0 Å². The number of nitrogens with zero attached hydrogens (tertiary/aromatic N) is 1. The van der Waals surface area contributed by atoms with Crippen LogP contribution in [-0.4, -0.2) is 22.8 Å². The van der Waals surface area contributed by atoms with E-state index in [1.165, 1.54) is 0 Å². The second kappa shape index (κ2) is 5.00. The average Bonchev–Trinajstić information content (AvgIpc) is 2.33. The minimum Gasteiger partial charge on any atom is -0.466 e. The second-order valence-electron chi connectivity index (χ2n) is 4.03. The monoisotopic (exact) mass is 246 g/mol. The molecule has 5 heteroatoms. The predicted molar refractivity (Wildman–Crippen MR) is 67.4 cm³/mol. The maximum Gasteiger partial charge on any atom is 0.311 e. The summed E-state index contributed by atoms with van der Waals surface area (Å²) in [6.07, 6.45) is 0.0601. The largest absolute Gasteiger partial charge is 0.466 e.